The number of carbonyl (C=O) groups excluding carboxylic acids is 1. The molecule has 4 heteroatoms. The molecule has 90 valence electrons. The fraction of sp³-hybridized carbons (Fsp3) is 0.583. The zero-order chi connectivity index (χ0) is 12.4. The second-order valence-corrected chi connectivity index (χ2v) is 3.37. The largest absolute Gasteiger partial charge is 0.395 e. The molecule has 2 N–H and O–H groups in total. The molecule has 0 rings (SSSR count). The summed E-state index contributed by atoms with van der Waals surface area (Å²) in [5.74, 6) is 2.33. The van der Waals surface area contributed by atoms with Crippen LogP contribution in [0.3, 0.4) is 0 Å². The van der Waals surface area contributed by atoms with Crippen LogP contribution >= 0.6 is 0 Å². The zero-order valence-corrected chi connectivity index (χ0v) is 9.65. The van der Waals surface area contributed by atoms with Crippen molar-refractivity contribution in [2.75, 3.05) is 26.3 Å². The summed E-state index contributed by atoms with van der Waals surface area (Å²) in [4.78, 5) is 13.2. The normalized spacial score (nSPS) is 11.0. The third kappa shape index (κ3) is 5.54. The minimum Gasteiger partial charge on any atom is -0.395 e. The average molecular weight is 225 g/mol. The molecule has 0 saturated heterocycles. The molecule has 0 radical (unpaired) electrons. The maximum atomic E-state index is 11.8. The molecule has 0 spiro atoms. The van der Waals surface area contributed by atoms with Crippen LogP contribution in [-0.2, 0) is 4.79 Å². The monoisotopic (exact) mass is 225 g/mol. The van der Waals surface area contributed by atoms with Gasteiger partial charge in [-0.3, -0.25) is 4.79 Å². The third-order valence-electron chi connectivity index (χ3n) is 2.10. The van der Waals surface area contributed by atoms with Crippen LogP contribution in [0.2, 0.25) is 0 Å². The number of unbranched alkanes of at least 4 members (excludes halogenated alkanes) is 1. The van der Waals surface area contributed by atoms with Gasteiger partial charge in [0.15, 0.2) is 0 Å². The predicted octanol–water partition coefficient (Wildman–Crippen LogP) is 0.159. The Morgan fingerprint density at radius 3 is 2.38 bits per heavy atom. The van der Waals surface area contributed by atoms with Gasteiger partial charge >= 0.3 is 0 Å². The Kier molecular flexibility index (Phi) is 8.22. The van der Waals surface area contributed by atoms with Crippen molar-refractivity contribution in [1.82, 2.24) is 4.90 Å². The highest BCUT2D eigenvalue weighted by molar-refractivity contribution is 5.92. The van der Waals surface area contributed by atoms with Crippen molar-refractivity contribution in [3.63, 3.8) is 0 Å². The Morgan fingerprint density at radius 1 is 1.38 bits per heavy atom. The smallest absolute Gasteiger partial charge is 0.249 e. The zero-order valence-electron chi connectivity index (χ0n) is 9.65. The molecule has 0 aromatic heterocycles. The molecule has 0 aromatic rings. The molecular weight excluding hydrogens is 206 g/mol. The highest BCUT2D eigenvalue weighted by Crippen LogP contribution is 2.03. The average Bonchev–Trinajstić information content (AvgIpc) is 2.28. The van der Waals surface area contributed by atoms with Gasteiger partial charge in [-0.2, -0.15) is 0 Å². The summed E-state index contributed by atoms with van der Waals surface area (Å²) < 4.78 is 0. The third-order valence-corrected chi connectivity index (χ3v) is 2.10. The lowest BCUT2D eigenvalue weighted by Gasteiger charge is -2.20. The van der Waals surface area contributed by atoms with E-state index < -0.39 is 0 Å². The Balaban J connectivity index is 4.36. The molecular formula is C12H19NO3. The van der Waals surface area contributed by atoms with E-state index in [0.717, 1.165) is 0 Å². The van der Waals surface area contributed by atoms with E-state index in [9.17, 15) is 4.79 Å². The van der Waals surface area contributed by atoms with Gasteiger partial charge in [-0.25, -0.2) is 0 Å². The Hall–Kier alpha value is -1.31. The molecule has 0 atom stereocenters. The van der Waals surface area contributed by atoms with Crippen molar-refractivity contribution in [3.05, 3.63) is 11.6 Å². The van der Waals surface area contributed by atoms with E-state index in [1.165, 1.54) is 4.90 Å². The van der Waals surface area contributed by atoms with Gasteiger partial charge in [0.1, 0.15) is 0 Å². The minimum absolute atomic E-state index is 0.108. The summed E-state index contributed by atoms with van der Waals surface area (Å²) in [5.41, 5.74) is 0.595. The second kappa shape index (κ2) is 8.96. The number of allylic oxidation sites excluding steroid dienone is 1. The molecule has 0 saturated carbocycles. The van der Waals surface area contributed by atoms with Crippen molar-refractivity contribution in [3.8, 4) is 12.3 Å². The number of hydrogen-bond donors (Lipinski definition) is 2. The molecule has 0 heterocycles. The van der Waals surface area contributed by atoms with Gasteiger partial charge in [0.2, 0.25) is 5.91 Å². The molecule has 0 aliphatic heterocycles. The van der Waals surface area contributed by atoms with Crippen LogP contribution in [0, 0.1) is 12.3 Å². The van der Waals surface area contributed by atoms with Crippen LogP contribution in [-0.4, -0.2) is 47.3 Å². The Labute approximate surface area is 96.6 Å². The van der Waals surface area contributed by atoms with Crippen LogP contribution in [0.4, 0.5) is 0 Å². The van der Waals surface area contributed by atoms with Crippen molar-refractivity contribution in [1.29, 1.82) is 0 Å². The highest BCUT2D eigenvalue weighted by atomic mass is 16.3. The number of nitrogens with zero attached hydrogens (tertiary/aromatic N) is 1. The first-order chi connectivity index (χ1) is 7.67. The molecule has 4 nitrogen and oxygen atoms in total. The van der Waals surface area contributed by atoms with Crippen molar-refractivity contribution >= 4 is 5.91 Å². The van der Waals surface area contributed by atoms with E-state index in [4.69, 9.17) is 16.6 Å². The predicted molar refractivity (Wildman–Crippen MR) is 62.6 cm³/mol. The number of amides is 1. The number of rotatable bonds is 7. The topological polar surface area (TPSA) is 60.8 Å². The van der Waals surface area contributed by atoms with Crippen LogP contribution in [0.15, 0.2) is 11.6 Å². The number of aliphatic hydroxyl groups excluding tert-OH is 2. The SMILES string of the molecule is C#CCC/C=C(\C)C(=O)N(CCO)CCO. The molecule has 0 fully saturated rings. The van der Waals surface area contributed by atoms with Gasteiger partial charge < -0.3 is 15.1 Å². The van der Waals surface area contributed by atoms with Gasteiger partial charge in [-0.1, -0.05) is 6.08 Å². The molecule has 0 unspecified atom stereocenters. The fourth-order valence-electron chi connectivity index (χ4n) is 1.27. The maximum absolute atomic E-state index is 11.8. The number of carbonyl (C=O) groups is 1. The van der Waals surface area contributed by atoms with E-state index in [0.29, 0.717) is 18.4 Å². The molecule has 16 heavy (non-hydrogen) atoms. The number of aliphatic hydroxyl groups is 2. The van der Waals surface area contributed by atoms with Crippen molar-refractivity contribution < 1.29 is 15.0 Å². The standard InChI is InChI=1S/C12H19NO3/c1-3-4-5-6-11(2)12(16)13(7-9-14)8-10-15/h1,6,14-15H,4-5,7-10H2,2H3/b11-6+. The van der Waals surface area contributed by atoms with Crippen molar-refractivity contribution in [2.45, 2.75) is 19.8 Å². The highest BCUT2D eigenvalue weighted by Gasteiger charge is 2.13. The van der Waals surface area contributed by atoms with E-state index in [-0.39, 0.29) is 32.2 Å². The first-order valence-corrected chi connectivity index (χ1v) is 5.28. The Morgan fingerprint density at radius 2 is 1.94 bits per heavy atom. The number of terminal acetylenes is 1. The van der Waals surface area contributed by atoms with Crippen LogP contribution in [0.25, 0.3) is 0 Å². The van der Waals surface area contributed by atoms with Gasteiger partial charge in [0, 0.05) is 25.1 Å². The second-order valence-electron chi connectivity index (χ2n) is 3.37. The Bertz CT molecular complexity index is 272. The lowest BCUT2D eigenvalue weighted by Crippen LogP contribution is -2.36. The fourth-order valence-corrected chi connectivity index (χ4v) is 1.27. The molecule has 0 aliphatic rings. The summed E-state index contributed by atoms with van der Waals surface area (Å²) in [6.45, 7) is 1.97. The quantitative estimate of drug-likeness (QED) is 0.368. The first kappa shape index (κ1) is 14.7. The molecule has 0 aliphatic carbocycles. The summed E-state index contributed by atoms with van der Waals surface area (Å²) in [6, 6.07) is 0. The lowest BCUT2D eigenvalue weighted by molar-refractivity contribution is -0.128. The van der Waals surface area contributed by atoms with E-state index in [1.54, 1.807) is 13.0 Å². The van der Waals surface area contributed by atoms with E-state index >= 15 is 0 Å². The summed E-state index contributed by atoms with van der Waals surface area (Å²) in [5, 5.41) is 17.6. The maximum Gasteiger partial charge on any atom is 0.249 e. The van der Waals surface area contributed by atoms with Crippen LogP contribution < -0.4 is 0 Å². The molecule has 0 bridgehead atoms. The lowest BCUT2D eigenvalue weighted by atomic mass is 10.2. The van der Waals surface area contributed by atoms with E-state index in [2.05, 4.69) is 5.92 Å². The van der Waals surface area contributed by atoms with Crippen LogP contribution in [0.5, 0.6) is 0 Å². The van der Waals surface area contributed by atoms with Crippen molar-refractivity contribution in [2.24, 2.45) is 0 Å². The number of hydrogen-bond acceptors (Lipinski definition) is 3. The molecule has 1 amide bonds. The van der Waals surface area contributed by atoms with Gasteiger partial charge in [0.05, 0.1) is 13.2 Å². The minimum atomic E-state index is -0.167. The summed E-state index contributed by atoms with van der Waals surface area (Å²) in [6.07, 6.45) is 8.16. The van der Waals surface area contributed by atoms with E-state index in [1.807, 2.05) is 0 Å². The van der Waals surface area contributed by atoms with Gasteiger partial charge in [-0.15, -0.1) is 12.3 Å². The van der Waals surface area contributed by atoms with Crippen LogP contribution in [0.1, 0.15) is 19.8 Å². The van der Waals surface area contributed by atoms with Gasteiger partial charge in [0.25, 0.3) is 0 Å². The van der Waals surface area contributed by atoms with Gasteiger partial charge in [-0.05, 0) is 13.3 Å². The summed E-state index contributed by atoms with van der Waals surface area (Å²) in [7, 11) is 0. The molecule has 0 aromatic carbocycles. The first-order valence-electron chi connectivity index (χ1n) is 5.28. The summed E-state index contributed by atoms with van der Waals surface area (Å²) >= 11 is 0.